The summed E-state index contributed by atoms with van der Waals surface area (Å²) in [4.78, 5) is 13.5. The highest BCUT2D eigenvalue weighted by molar-refractivity contribution is 7.89. The second-order valence-corrected chi connectivity index (χ2v) is 9.57. The molecule has 2 fully saturated rings. The third kappa shape index (κ3) is 4.80. The van der Waals surface area contributed by atoms with Crippen LogP contribution < -0.4 is 4.72 Å². The van der Waals surface area contributed by atoms with E-state index < -0.39 is 38.2 Å². The van der Waals surface area contributed by atoms with Gasteiger partial charge in [-0.05, 0) is 42.9 Å². The molecule has 2 aliphatic rings. The second kappa shape index (κ2) is 8.20. The van der Waals surface area contributed by atoms with Crippen molar-refractivity contribution in [1.29, 1.82) is 0 Å². The molecule has 1 saturated carbocycles. The maximum atomic E-state index is 12.9. The number of nitrogens with zero attached hydrogens (tertiary/aromatic N) is 1. The molecule has 5 nitrogen and oxygen atoms in total. The molecule has 3 rings (SSSR count). The van der Waals surface area contributed by atoms with E-state index in [0.717, 1.165) is 31.4 Å². The summed E-state index contributed by atoms with van der Waals surface area (Å²) in [5.74, 6) is 0.718. The molecule has 28 heavy (non-hydrogen) atoms. The lowest BCUT2D eigenvalue weighted by Gasteiger charge is -2.41. The summed E-state index contributed by atoms with van der Waals surface area (Å²) in [5, 5.41) is -0.585. The van der Waals surface area contributed by atoms with Crippen molar-refractivity contribution in [3.63, 3.8) is 0 Å². The highest BCUT2D eigenvalue weighted by atomic mass is 35.5. The van der Waals surface area contributed by atoms with Gasteiger partial charge in [0.15, 0.2) is 0 Å². The molecule has 0 radical (unpaired) electrons. The van der Waals surface area contributed by atoms with E-state index in [2.05, 4.69) is 4.72 Å². The van der Waals surface area contributed by atoms with E-state index in [1.807, 2.05) is 0 Å². The number of likely N-dealkylation sites (tertiary alicyclic amines) is 1. The number of sulfonamides is 1. The van der Waals surface area contributed by atoms with Crippen LogP contribution in [0.4, 0.5) is 13.2 Å². The zero-order chi connectivity index (χ0) is 20.5. The normalized spacial score (nSPS) is 23.4. The van der Waals surface area contributed by atoms with Crippen LogP contribution in [0.3, 0.4) is 0 Å². The Bertz CT molecular complexity index is 845. The monoisotopic (exact) mass is 438 g/mol. The third-order valence-electron chi connectivity index (χ3n) is 5.61. The van der Waals surface area contributed by atoms with E-state index in [1.165, 1.54) is 12.8 Å². The summed E-state index contributed by atoms with van der Waals surface area (Å²) >= 11 is 5.52. The molecule has 0 unspecified atom stereocenters. The number of halogens is 4. The average molecular weight is 439 g/mol. The van der Waals surface area contributed by atoms with Crippen LogP contribution in [0, 0.1) is 11.8 Å². The molecule has 1 saturated heterocycles. The lowest BCUT2D eigenvalue weighted by atomic mass is 9.75. The fraction of sp³-hybridized carbons (Fsp3) is 0.611. The van der Waals surface area contributed by atoms with Gasteiger partial charge in [0, 0.05) is 13.1 Å². The topological polar surface area (TPSA) is 66.5 Å². The SMILES string of the molecule is O=C(CNS(=O)(=O)c1ccc(Cl)c(C(F)(F)F)c1)N1CC[C@H]2CCCC[C@H]2C1. The smallest absolute Gasteiger partial charge is 0.341 e. The van der Waals surface area contributed by atoms with Crippen LogP contribution in [0.25, 0.3) is 0 Å². The van der Waals surface area contributed by atoms with Gasteiger partial charge in [-0.15, -0.1) is 0 Å². The molecule has 0 bridgehead atoms. The van der Waals surface area contributed by atoms with Gasteiger partial charge in [-0.25, -0.2) is 13.1 Å². The number of hydrogen-bond acceptors (Lipinski definition) is 3. The average Bonchev–Trinajstić information content (AvgIpc) is 2.65. The Morgan fingerprint density at radius 3 is 2.54 bits per heavy atom. The van der Waals surface area contributed by atoms with Gasteiger partial charge in [0.05, 0.1) is 22.0 Å². The first-order valence-electron chi connectivity index (χ1n) is 9.22. The summed E-state index contributed by atoms with van der Waals surface area (Å²) in [6.45, 7) is 0.717. The van der Waals surface area contributed by atoms with Crippen molar-refractivity contribution in [2.75, 3.05) is 19.6 Å². The minimum absolute atomic E-state index is 0.363. The molecule has 1 N–H and O–H groups in total. The van der Waals surface area contributed by atoms with Crippen molar-refractivity contribution < 1.29 is 26.4 Å². The van der Waals surface area contributed by atoms with E-state index in [0.29, 0.717) is 31.0 Å². The number of amides is 1. The zero-order valence-corrected chi connectivity index (χ0v) is 16.7. The van der Waals surface area contributed by atoms with Gasteiger partial charge in [0.25, 0.3) is 0 Å². The molecule has 10 heteroatoms. The first-order chi connectivity index (χ1) is 13.1. The van der Waals surface area contributed by atoms with Gasteiger partial charge in [-0.3, -0.25) is 4.79 Å². The molecule has 1 aromatic carbocycles. The Morgan fingerprint density at radius 2 is 1.86 bits per heavy atom. The van der Waals surface area contributed by atoms with Gasteiger partial charge in [0.2, 0.25) is 15.9 Å². The van der Waals surface area contributed by atoms with Gasteiger partial charge >= 0.3 is 6.18 Å². The van der Waals surface area contributed by atoms with Crippen molar-refractivity contribution in [3.05, 3.63) is 28.8 Å². The Labute approximate surface area is 167 Å². The summed E-state index contributed by atoms with van der Waals surface area (Å²) in [6.07, 6.45) is 0.754. The minimum Gasteiger partial charge on any atom is -0.341 e. The van der Waals surface area contributed by atoms with Crippen molar-refractivity contribution in [2.24, 2.45) is 11.8 Å². The van der Waals surface area contributed by atoms with Crippen LogP contribution in [0.1, 0.15) is 37.7 Å². The van der Waals surface area contributed by atoms with Crippen LogP contribution >= 0.6 is 11.6 Å². The Balaban J connectivity index is 1.64. The van der Waals surface area contributed by atoms with E-state index in [1.54, 1.807) is 4.90 Å². The summed E-state index contributed by atoms with van der Waals surface area (Å²) < 4.78 is 65.7. The molecule has 156 valence electrons. The van der Waals surface area contributed by atoms with E-state index in [9.17, 15) is 26.4 Å². The Morgan fingerprint density at radius 1 is 1.18 bits per heavy atom. The molecular weight excluding hydrogens is 417 g/mol. The molecule has 1 amide bonds. The number of piperidine rings is 1. The van der Waals surface area contributed by atoms with Crippen LogP contribution in [-0.4, -0.2) is 38.9 Å². The number of carbonyl (C=O) groups is 1. The number of hydrogen-bond donors (Lipinski definition) is 1. The third-order valence-corrected chi connectivity index (χ3v) is 7.34. The summed E-state index contributed by atoms with van der Waals surface area (Å²) in [5.41, 5.74) is -1.23. The molecule has 1 heterocycles. The minimum atomic E-state index is -4.78. The molecule has 2 atom stereocenters. The predicted molar refractivity (Wildman–Crippen MR) is 98.3 cm³/mol. The first-order valence-corrected chi connectivity index (χ1v) is 11.1. The largest absolute Gasteiger partial charge is 0.417 e. The number of fused-ring (bicyclic) bond motifs is 1. The number of rotatable bonds is 4. The first kappa shape index (κ1) is 21.4. The second-order valence-electron chi connectivity index (χ2n) is 7.40. The lowest BCUT2D eigenvalue weighted by Crippen LogP contribution is -2.48. The van der Waals surface area contributed by atoms with E-state index >= 15 is 0 Å². The number of alkyl halides is 3. The van der Waals surface area contributed by atoms with Crippen molar-refractivity contribution >= 4 is 27.5 Å². The molecule has 1 aliphatic heterocycles. The summed E-state index contributed by atoms with van der Waals surface area (Å²) in [7, 11) is -4.27. The van der Waals surface area contributed by atoms with Crippen molar-refractivity contribution in [3.8, 4) is 0 Å². The molecule has 0 spiro atoms. The zero-order valence-electron chi connectivity index (χ0n) is 15.1. The van der Waals surface area contributed by atoms with Gasteiger partial charge in [-0.1, -0.05) is 30.9 Å². The lowest BCUT2D eigenvalue weighted by molar-refractivity contribution is -0.137. The molecule has 1 aromatic rings. The highest BCUT2D eigenvalue weighted by Gasteiger charge is 2.35. The number of benzene rings is 1. The van der Waals surface area contributed by atoms with Crippen LogP contribution in [0.5, 0.6) is 0 Å². The van der Waals surface area contributed by atoms with Gasteiger partial charge < -0.3 is 4.90 Å². The number of nitrogens with one attached hydrogen (secondary N) is 1. The summed E-state index contributed by atoms with van der Waals surface area (Å²) in [6, 6.07) is 2.34. The van der Waals surface area contributed by atoms with E-state index in [-0.39, 0.29) is 5.91 Å². The maximum Gasteiger partial charge on any atom is 0.417 e. The van der Waals surface area contributed by atoms with E-state index in [4.69, 9.17) is 11.6 Å². The Kier molecular flexibility index (Phi) is 6.26. The van der Waals surface area contributed by atoms with Crippen molar-refractivity contribution in [1.82, 2.24) is 9.62 Å². The van der Waals surface area contributed by atoms with Crippen LogP contribution in [-0.2, 0) is 21.0 Å². The number of carbonyl (C=O) groups excluding carboxylic acids is 1. The van der Waals surface area contributed by atoms with Crippen LogP contribution in [0.2, 0.25) is 5.02 Å². The van der Waals surface area contributed by atoms with Crippen LogP contribution in [0.15, 0.2) is 23.1 Å². The molecule has 0 aromatic heterocycles. The maximum absolute atomic E-state index is 12.9. The van der Waals surface area contributed by atoms with Gasteiger partial charge in [-0.2, -0.15) is 13.2 Å². The Hall–Kier alpha value is -1.32. The fourth-order valence-electron chi connectivity index (χ4n) is 4.07. The highest BCUT2D eigenvalue weighted by Crippen LogP contribution is 2.37. The quantitative estimate of drug-likeness (QED) is 0.779. The predicted octanol–water partition coefficient (Wildman–Crippen LogP) is 3.68. The molecule has 1 aliphatic carbocycles. The standard InChI is InChI=1S/C18H22ClF3N2O3S/c19-16-6-5-14(9-15(16)18(20,21)22)28(26,27)23-10-17(25)24-8-7-12-3-1-2-4-13(12)11-24/h5-6,9,12-13,23H,1-4,7-8,10-11H2/t12-,13+/m1/s1. The van der Waals surface area contributed by atoms with Crippen molar-refractivity contribution in [2.45, 2.75) is 43.2 Å². The van der Waals surface area contributed by atoms with Gasteiger partial charge in [0.1, 0.15) is 0 Å². The fourth-order valence-corrected chi connectivity index (χ4v) is 5.29. The molecular formula is C18H22ClF3N2O3S.